The van der Waals surface area contributed by atoms with Crippen molar-refractivity contribution in [1.29, 1.82) is 0 Å². The molecule has 0 heterocycles. The first-order valence-electron chi connectivity index (χ1n) is 18.7. The number of carbonyl (C=O) groups excluding carboxylic acids is 6. The van der Waals surface area contributed by atoms with E-state index in [1.807, 2.05) is 136 Å². The Morgan fingerprint density at radius 2 is 0.629 bits per heavy atom. The fourth-order valence-electron chi connectivity index (χ4n) is 5.44. The lowest BCUT2D eigenvalue weighted by Crippen LogP contribution is -2.49. The van der Waals surface area contributed by atoms with Gasteiger partial charge in [0.1, 0.15) is 0 Å². The molecule has 0 aliphatic rings. The highest BCUT2D eigenvalue weighted by molar-refractivity contribution is 14.1. The summed E-state index contributed by atoms with van der Waals surface area (Å²) in [4.78, 5) is 85.3. The molecule has 0 aromatic heterocycles. The Bertz CT molecular complexity index is 1760. The van der Waals surface area contributed by atoms with Crippen LogP contribution in [0.4, 0.5) is 11.4 Å². The van der Waals surface area contributed by atoms with Crippen molar-refractivity contribution in [2.75, 3.05) is 75.2 Å². The van der Waals surface area contributed by atoms with Crippen molar-refractivity contribution in [3.63, 3.8) is 0 Å². The number of benzene rings is 2. The molecule has 62 heavy (non-hydrogen) atoms. The highest BCUT2D eigenvalue weighted by Gasteiger charge is 2.35. The molecular weight excluding hydrogens is 1490 g/mol. The maximum Gasteiger partial charge on any atom is 0.253 e. The second kappa shape index (κ2) is 27.2. The highest BCUT2D eigenvalue weighted by atomic mass is 127. The molecule has 22 N–H and O–H groups in total. The van der Waals surface area contributed by atoms with Crippen molar-refractivity contribution in [2.24, 2.45) is 51.6 Å². The fourth-order valence-corrected chi connectivity index (χ4v) is 14.9. The van der Waals surface area contributed by atoms with Gasteiger partial charge in [0.25, 0.3) is 23.6 Å². The highest BCUT2D eigenvalue weighted by Crippen LogP contribution is 2.40. The van der Waals surface area contributed by atoms with E-state index in [9.17, 15) is 28.8 Å². The van der Waals surface area contributed by atoms with Gasteiger partial charge in [0.05, 0.1) is 47.9 Å². The van der Waals surface area contributed by atoms with Gasteiger partial charge in [-0.05, 0) is 136 Å². The Morgan fingerprint density at radius 1 is 0.419 bits per heavy atom. The van der Waals surface area contributed by atoms with Crippen molar-refractivity contribution in [3.8, 4) is 0 Å². The Morgan fingerprint density at radius 3 is 0.806 bits per heavy atom. The van der Waals surface area contributed by atoms with Gasteiger partial charge < -0.3 is 82.7 Å². The molecule has 0 aliphatic heterocycles. The smallest absolute Gasteiger partial charge is 0.253 e. The lowest BCUT2D eigenvalue weighted by molar-refractivity contribution is -0.117. The third kappa shape index (κ3) is 15.2. The lowest BCUT2D eigenvalue weighted by Gasteiger charge is -2.33. The van der Waals surface area contributed by atoms with Crippen molar-refractivity contribution in [2.45, 2.75) is 44.1 Å². The molecule has 0 saturated heterocycles. The number of rotatable bonds is 22. The summed E-state index contributed by atoms with van der Waals surface area (Å²) in [7, 11) is 0. The summed E-state index contributed by atoms with van der Waals surface area (Å²) in [6.07, 6.45) is 0. The van der Waals surface area contributed by atoms with E-state index in [1.165, 1.54) is 23.6 Å². The van der Waals surface area contributed by atoms with Crippen LogP contribution in [0.1, 0.15) is 55.3 Å². The number of amides is 6. The summed E-state index contributed by atoms with van der Waals surface area (Å²) < 4.78 is 1.90. The van der Waals surface area contributed by atoms with Crippen LogP contribution in [0.15, 0.2) is 0 Å². The molecule has 6 amide bonds. The van der Waals surface area contributed by atoms with Gasteiger partial charge >= 0.3 is 0 Å². The summed E-state index contributed by atoms with van der Waals surface area (Å²) in [5, 5.41) is 11.0. The molecule has 27 heteroatoms. The molecular formula is C35H53I6N15O6. The molecule has 346 valence electrons. The average Bonchev–Trinajstić information content (AvgIpc) is 3.21. The van der Waals surface area contributed by atoms with Crippen LogP contribution in [0.5, 0.6) is 0 Å². The maximum absolute atomic E-state index is 13.8. The van der Waals surface area contributed by atoms with E-state index in [1.54, 1.807) is 0 Å². The molecule has 0 spiro atoms. The van der Waals surface area contributed by atoms with Crippen molar-refractivity contribution >= 4 is 182 Å². The molecule has 4 atom stereocenters. The van der Waals surface area contributed by atoms with E-state index >= 15 is 0 Å². The van der Waals surface area contributed by atoms with Crippen LogP contribution in [0.3, 0.4) is 0 Å². The molecule has 0 saturated carbocycles. The Labute approximate surface area is 441 Å². The SMILES string of the molecule is CC(=O)N(CC(N)CN(C(C)=O)c1c(I)c(C(=O)NCC(N)CN)c(I)c(C(=O)NCC(N)CN)c1I)c1c(I)c(C(=O)NCC(N)CN)c(I)c(C(=O)NCC(N)CN)c1I. The zero-order valence-electron chi connectivity index (χ0n) is 33.8. The number of nitrogens with one attached hydrogen (secondary N) is 4. The van der Waals surface area contributed by atoms with Crippen LogP contribution < -0.4 is 82.7 Å². The molecule has 0 radical (unpaired) electrons. The predicted molar refractivity (Wildman–Crippen MR) is 291 cm³/mol. The molecule has 21 nitrogen and oxygen atoms in total. The Kier molecular flexibility index (Phi) is 25.2. The zero-order chi connectivity index (χ0) is 47.3. The zero-order valence-corrected chi connectivity index (χ0v) is 46.7. The van der Waals surface area contributed by atoms with Gasteiger partial charge in [0.2, 0.25) is 11.8 Å². The van der Waals surface area contributed by atoms with Crippen LogP contribution in [-0.4, -0.2) is 131 Å². The molecule has 0 bridgehead atoms. The van der Waals surface area contributed by atoms with Gasteiger partial charge in [-0.1, -0.05) is 0 Å². The Balaban J connectivity index is 2.84. The van der Waals surface area contributed by atoms with Gasteiger partial charge in [-0.2, -0.15) is 0 Å². The van der Waals surface area contributed by atoms with E-state index in [-0.39, 0.29) is 99.1 Å². The number of hydrogen-bond acceptors (Lipinski definition) is 15. The third-order valence-electron chi connectivity index (χ3n) is 8.94. The van der Waals surface area contributed by atoms with Crippen molar-refractivity contribution in [1.82, 2.24) is 21.3 Å². The summed E-state index contributed by atoms with van der Waals surface area (Å²) in [5.74, 6) is -3.27. The maximum atomic E-state index is 13.8. The minimum Gasteiger partial charge on any atom is -0.350 e. The van der Waals surface area contributed by atoms with Gasteiger partial charge in [0, 0.05) is 117 Å². The average molecular weight is 1540 g/mol. The molecule has 4 unspecified atom stereocenters. The first-order chi connectivity index (χ1) is 29.0. The molecule has 2 aromatic carbocycles. The van der Waals surface area contributed by atoms with Crippen LogP contribution >= 0.6 is 136 Å². The second-order valence-electron chi connectivity index (χ2n) is 13.9. The van der Waals surface area contributed by atoms with E-state index in [0.29, 0.717) is 21.4 Å². The fraction of sp³-hybridized carbons (Fsp3) is 0.486. The van der Waals surface area contributed by atoms with Gasteiger partial charge in [-0.25, -0.2) is 0 Å². The first-order valence-corrected chi connectivity index (χ1v) is 25.2. The minimum atomic E-state index is -1.00. The standard InChI is InChI=1S/C35H53I6N15O6/c1-13(57)55(30-26(38)20(32(59)51-7-15(46)3-42)24(36)21(27(30)39)33(60)52-8-16(47)4-43)11-19(50)12-56(14(2)58)31-28(40)22(34(61)53-9-17(48)5-44)25(37)23(29(31)41)35(62)54-10-18(49)6-45/h15-19H,3-12,42-50H2,1-2H3,(H,51,59)(H,52,60)(H,53,61)(H,54,62). The first kappa shape index (κ1) is 57.4. The number of nitrogens with two attached hydrogens (primary N) is 9. The predicted octanol–water partition coefficient (Wildman–Crippen LogP) is -1.89. The Hall–Kier alpha value is -0.720. The minimum absolute atomic E-state index is 0.0310. The largest absolute Gasteiger partial charge is 0.350 e. The number of nitrogens with zero attached hydrogens (tertiary/aromatic N) is 2. The van der Waals surface area contributed by atoms with Crippen LogP contribution in [0.2, 0.25) is 0 Å². The quantitative estimate of drug-likeness (QED) is 0.0574. The van der Waals surface area contributed by atoms with E-state index in [0.717, 1.165) is 0 Å². The third-order valence-corrected chi connectivity index (χ3v) is 15.3. The van der Waals surface area contributed by atoms with Crippen molar-refractivity contribution in [3.05, 3.63) is 43.7 Å². The second-order valence-corrected chi connectivity index (χ2v) is 20.4. The molecule has 2 aromatic rings. The van der Waals surface area contributed by atoms with Gasteiger partial charge in [-0.3, -0.25) is 28.8 Å². The molecule has 0 fully saturated rings. The topological polar surface area (TPSA) is 391 Å². The van der Waals surface area contributed by atoms with E-state index in [4.69, 9.17) is 51.6 Å². The number of halogens is 6. The van der Waals surface area contributed by atoms with Crippen LogP contribution in [0, 0.1) is 21.4 Å². The summed E-state index contributed by atoms with van der Waals surface area (Å²) in [6, 6.07) is -3.19. The summed E-state index contributed by atoms with van der Waals surface area (Å²) in [6.45, 7) is 2.68. The molecule has 2 rings (SSSR count). The van der Waals surface area contributed by atoms with Crippen LogP contribution in [-0.2, 0) is 9.59 Å². The van der Waals surface area contributed by atoms with E-state index in [2.05, 4.69) is 21.3 Å². The number of hydrogen-bond donors (Lipinski definition) is 13. The monoisotopic (exact) mass is 1540 g/mol. The number of carbonyl (C=O) groups is 6. The normalized spacial score (nSPS) is 13.6. The van der Waals surface area contributed by atoms with Gasteiger partial charge in [-0.15, -0.1) is 0 Å². The van der Waals surface area contributed by atoms with Crippen molar-refractivity contribution < 1.29 is 28.8 Å². The van der Waals surface area contributed by atoms with Gasteiger partial charge in [0.15, 0.2) is 0 Å². The summed E-state index contributed by atoms with van der Waals surface area (Å²) >= 11 is 11.6. The van der Waals surface area contributed by atoms with Crippen LogP contribution in [0.25, 0.3) is 0 Å². The molecule has 0 aliphatic carbocycles. The summed E-state index contributed by atoms with van der Waals surface area (Å²) in [5.41, 5.74) is 54.3. The lowest BCUT2D eigenvalue weighted by atomic mass is 10.0. The number of anilines is 2. The van der Waals surface area contributed by atoms with E-state index < -0.39 is 65.7 Å².